The molecule has 0 bridgehead atoms. The lowest BCUT2D eigenvalue weighted by Gasteiger charge is -2.31. The van der Waals surface area contributed by atoms with Gasteiger partial charge < -0.3 is 15.6 Å². The molecule has 5 heteroatoms. The van der Waals surface area contributed by atoms with Crippen LogP contribution in [0, 0.1) is 11.8 Å². The van der Waals surface area contributed by atoms with Crippen LogP contribution in [0.2, 0.25) is 0 Å². The van der Waals surface area contributed by atoms with Gasteiger partial charge in [0.05, 0.1) is 0 Å². The molecule has 4 nitrogen and oxygen atoms in total. The second kappa shape index (κ2) is 5.63. The molecule has 1 atom stereocenters. The number of carbonyl (C=O) groups is 1. The highest BCUT2D eigenvalue weighted by molar-refractivity contribution is 5.95. The third kappa shape index (κ3) is 2.74. The van der Waals surface area contributed by atoms with E-state index in [0.717, 1.165) is 29.7 Å². The van der Waals surface area contributed by atoms with Crippen molar-refractivity contribution < 1.29 is 4.79 Å². The number of halogens is 1. The van der Waals surface area contributed by atoms with Crippen LogP contribution in [0.3, 0.4) is 0 Å². The van der Waals surface area contributed by atoms with E-state index in [1.54, 1.807) is 0 Å². The van der Waals surface area contributed by atoms with E-state index in [4.69, 9.17) is 0 Å². The first-order chi connectivity index (χ1) is 8.74. The number of amides is 1. The molecule has 2 heterocycles. The van der Waals surface area contributed by atoms with Crippen molar-refractivity contribution in [2.75, 3.05) is 18.4 Å². The van der Waals surface area contributed by atoms with E-state index in [1.807, 2.05) is 37.4 Å². The minimum atomic E-state index is 0. The molecule has 1 aliphatic heterocycles. The van der Waals surface area contributed by atoms with Crippen LogP contribution in [-0.4, -0.2) is 24.0 Å². The Hall–Kier alpha value is -1.52. The van der Waals surface area contributed by atoms with E-state index >= 15 is 0 Å². The molecule has 3 rings (SSSR count). The van der Waals surface area contributed by atoms with Gasteiger partial charge in [-0.2, -0.15) is 0 Å². The van der Waals surface area contributed by atoms with Gasteiger partial charge in [0, 0.05) is 28.7 Å². The largest absolute Gasteiger partial charge is 0.361 e. The molecule has 1 amide bonds. The minimum Gasteiger partial charge on any atom is -0.361 e. The van der Waals surface area contributed by atoms with Gasteiger partial charge in [0.2, 0.25) is 5.91 Å². The van der Waals surface area contributed by atoms with Crippen molar-refractivity contribution >= 4 is 34.9 Å². The molecule has 19 heavy (non-hydrogen) atoms. The predicted octanol–water partition coefficient (Wildman–Crippen LogP) is 2.38. The van der Waals surface area contributed by atoms with Crippen molar-refractivity contribution in [3.63, 3.8) is 0 Å². The molecule has 0 radical (unpaired) electrons. The average Bonchev–Trinajstić information content (AvgIpc) is 2.73. The number of hydrogen-bond acceptors (Lipinski definition) is 2. The second-order valence-corrected chi connectivity index (χ2v) is 4.98. The quantitative estimate of drug-likeness (QED) is 0.808. The summed E-state index contributed by atoms with van der Waals surface area (Å²) in [6.45, 7) is 3.90. The van der Waals surface area contributed by atoms with Crippen molar-refractivity contribution in [1.29, 1.82) is 0 Å². The van der Waals surface area contributed by atoms with Crippen LogP contribution in [-0.2, 0) is 4.79 Å². The highest BCUT2D eigenvalue weighted by Gasteiger charge is 2.28. The summed E-state index contributed by atoms with van der Waals surface area (Å²) in [5.74, 6) is 0.644. The minimum absolute atomic E-state index is 0. The van der Waals surface area contributed by atoms with Gasteiger partial charge in [0.25, 0.3) is 0 Å². The maximum absolute atomic E-state index is 12.1. The van der Waals surface area contributed by atoms with E-state index in [0.29, 0.717) is 5.92 Å². The number of rotatable bonds is 3. The Morgan fingerprint density at radius 1 is 1.37 bits per heavy atom. The van der Waals surface area contributed by atoms with Gasteiger partial charge in [-0.15, -0.1) is 12.4 Å². The molecule has 102 valence electrons. The average molecular weight is 280 g/mol. The molecular formula is C14H18ClN3O. The van der Waals surface area contributed by atoms with Gasteiger partial charge in [-0.25, -0.2) is 0 Å². The van der Waals surface area contributed by atoms with Gasteiger partial charge in [0.15, 0.2) is 0 Å². The van der Waals surface area contributed by atoms with Crippen LogP contribution >= 0.6 is 12.4 Å². The number of benzene rings is 1. The fourth-order valence-electron chi connectivity index (χ4n) is 2.27. The number of nitrogens with one attached hydrogen (secondary N) is 3. The highest BCUT2D eigenvalue weighted by Crippen LogP contribution is 2.21. The first kappa shape index (κ1) is 13.9. The van der Waals surface area contributed by atoms with Crippen molar-refractivity contribution in [3.05, 3.63) is 30.5 Å². The van der Waals surface area contributed by atoms with Crippen LogP contribution in [0.5, 0.6) is 0 Å². The van der Waals surface area contributed by atoms with Crippen LogP contribution in [0.15, 0.2) is 30.5 Å². The lowest BCUT2D eigenvalue weighted by molar-refractivity contribution is -0.121. The first-order valence-corrected chi connectivity index (χ1v) is 6.33. The summed E-state index contributed by atoms with van der Waals surface area (Å²) in [6.07, 6.45) is 1.90. The molecule has 0 aliphatic carbocycles. The number of fused-ring (bicyclic) bond motifs is 1. The molecule has 1 unspecified atom stereocenters. The first-order valence-electron chi connectivity index (χ1n) is 6.33. The molecule has 1 saturated heterocycles. The number of H-pyrrole nitrogens is 1. The van der Waals surface area contributed by atoms with Gasteiger partial charge in [-0.1, -0.05) is 6.92 Å². The standard InChI is InChI=1S/C14H17N3O.ClH/c1-9(11-7-15-8-11)14(18)17-12-2-3-13-10(6-12)4-5-16-13;/h2-6,9,11,15-16H,7-8H2,1H3,(H,17,18);1H. The van der Waals surface area contributed by atoms with E-state index in [-0.39, 0.29) is 24.2 Å². The van der Waals surface area contributed by atoms with E-state index in [2.05, 4.69) is 15.6 Å². The summed E-state index contributed by atoms with van der Waals surface area (Å²) in [7, 11) is 0. The normalized spacial score (nSPS) is 16.5. The van der Waals surface area contributed by atoms with E-state index in [9.17, 15) is 4.79 Å². The van der Waals surface area contributed by atoms with Crippen molar-refractivity contribution in [2.45, 2.75) is 6.92 Å². The monoisotopic (exact) mass is 279 g/mol. The van der Waals surface area contributed by atoms with Crippen LogP contribution in [0.1, 0.15) is 6.92 Å². The zero-order valence-electron chi connectivity index (χ0n) is 10.8. The van der Waals surface area contributed by atoms with E-state index in [1.165, 1.54) is 0 Å². The fraction of sp³-hybridized carbons (Fsp3) is 0.357. The number of aromatic amines is 1. The Kier molecular flexibility index (Phi) is 4.12. The Balaban J connectivity index is 0.00000133. The van der Waals surface area contributed by atoms with Crippen molar-refractivity contribution in [2.24, 2.45) is 11.8 Å². The molecule has 2 aromatic rings. The Bertz CT molecular complexity index is 577. The molecule has 1 fully saturated rings. The van der Waals surface area contributed by atoms with E-state index < -0.39 is 0 Å². The highest BCUT2D eigenvalue weighted by atomic mass is 35.5. The van der Waals surface area contributed by atoms with Crippen LogP contribution in [0.25, 0.3) is 10.9 Å². The third-order valence-corrected chi connectivity index (χ3v) is 3.75. The Morgan fingerprint density at radius 2 is 2.16 bits per heavy atom. The zero-order chi connectivity index (χ0) is 12.5. The van der Waals surface area contributed by atoms with Gasteiger partial charge in [-0.05, 0) is 43.3 Å². The summed E-state index contributed by atoms with van der Waals surface area (Å²) in [5, 5.41) is 7.31. The van der Waals surface area contributed by atoms with Gasteiger partial charge in [-0.3, -0.25) is 4.79 Å². The van der Waals surface area contributed by atoms with Crippen molar-refractivity contribution in [3.8, 4) is 0 Å². The number of aromatic nitrogens is 1. The predicted molar refractivity (Wildman–Crippen MR) is 79.7 cm³/mol. The summed E-state index contributed by atoms with van der Waals surface area (Å²) in [6, 6.07) is 7.92. The van der Waals surface area contributed by atoms with Gasteiger partial charge in [0.1, 0.15) is 0 Å². The summed E-state index contributed by atoms with van der Waals surface area (Å²) >= 11 is 0. The molecular weight excluding hydrogens is 262 g/mol. The second-order valence-electron chi connectivity index (χ2n) is 4.98. The molecule has 1 aromatic carbocycles. The zero-order valence-corrected chi connectivity index (χ0v) is 11.6. The molecule has 1 aromatic heterocycles. The fourth-order valence-corrected chi connectivity index (χ4v) is 2.27. The molecule has 0 saturated carbocycles. The lowest BCUT2D eigenvalue weighted by atomic mass is 9.88. The summed E-state index contributed by atoms with van der Waals surface area (Å²) in [5.41, 5.74) is 1.95. The number of carbonyl (C=O) groups excluding carboxylic acids is 1. The van der Waals surface area contributed by atoms with Crippen LogP contribution in [0.4, 0.5) is 5.69 Å². The van der Waals surface area contributed by atoms with Gasteiger partial charge >= 0.3 is 0 Å². The molecule has 0 spiro atoms. The number of hydrogen-bond donors (Lipinski definition) is 3. The number of anilines is 1. The maximum atomic E-state index is 12.1. The topological polar surface area (TPSA) is 56.9 Å². The van der Waals surface area contributed by atoms with Crippen molar-refractivity contribution in [1.82, 2.24) is 10.3 Å². The SMILES string of the molecule is CC(C(=O)Nc1ccc2[nH]ccc2c1)C1CNC1.Cl. The van der Waals surface area contributed by atoms with Crippen LogP contribution < -0.4 is 10.6 Å². The smallest absolute Gasteiger partial charge is 0.227 e. The third-order valence-electron chi connectivity index (χ3n) is 3.75. The Morgan fingerprint density at radius 3 is 2.84 bits per heavy atom. The Labute approximate surface area is 118 Å². The summed E-state index contributed by atoms with van der Waals surface area (Å²) < 4.78 is 0. The summed E-state index contributed by atoms with van der Waals surface area (Å²) in [4.78, 5) is 15.2. The maximum Gasteiger partial charge on any atom is 0.227 e. The molecule has 3 N–H and O–H groups in total. The lowest BCUT2D eigenvalue weighted by Crippen LogP contribution is -2.48. The molecule has 1 aliphatic rings.